The second kappa shape index (κ2) is 4.09. The van der Waals surface area contributed by atoms with Crippen molar-refractivity contribution in [2.75, 3.05) is 0 Å². The van der Waals surface area contributed by atoms with Gasteiger partial charge in [-0.3, -0.25) is 0 Å². The molecule has 3 aliphatic heterocycles. The van der Waals surface area contributed by atoms with Crippen molar-refractivity contribution in [2.45, 2.75) is 76.7 Å². The first-order chi connectivity index (χ1) is 8.36. The number of nitrogens with one attached hydrogen (secondary N) is 1. The third-order valence-corrected chi connectivity index (χ3v) is 5.00. The molecule has 0 aromatic carbocycles. The molecule has 100 valence electrons. The third-order valence-electron chi connectivity index (χ3n) is 5.00. The van der Waals surface area contributed by atoms with Crippen molar-refractivity contribution in [3.8, 4) is 0 Å². The Labute approximate surface area is 110 Å². The maximum atomic E-state index is 6.04. The number of rotatable bonds is 1. The fraction of sp³-hybridized carbons (Fsp3) is 0.857. The zero-order chi connectivity index (χ0) is 13.0. The summed E-state index contributed by atoms with van der Waals surface area (Å²) in [5.41, 5.74) is 1.07. The van der Waals surface area contributed by atoms with Gasteiger partial charge in [0.05, 0.1) is 11.2 Å². The van der Waals surface area contributed by atoms with E-state index in [2.05, 4.69) is 39.0 Å². The Morgan fingerprint density at radius 1 is 1.06 bits per heavy atom. The molecule has 3 heterocycles. The van der Waals surface area contributed by atoms with Crippen molar-refractivity contribution in [3.63, 3.8) is 0 Å². The van der Waals surface area contributed by atoms with E-state index >= 15 is 0 Å². The summed E-state index contributed by atoms with van der Waals surface area (Å²) < 4.78 is 12.1. The van der Waals surface area contributed by atoms with E-state index in [0.29, 0.717) is 12.1 Å². The van der Waals surface area contributed by atoms with Gasteiger partial charge in [-0.25, -0.2) is 0 Å². The fourth-order valence-electron chi connectivity index (χ4n) is 3.23. The van der Waals surface area contributed by atoms with Crippen LogP contribution in [0.25, 0.3) is 0 Å². The van der Waals surface area contributed by atoms with Crippen LogP contribution in [0.4, 0.5) is 0 Å². The minimum Gasteiger partial charge on any atom is -0.400 e. The first-order valence-electron chi connectivity index (χ1n) is 7.17. The van der Waals surface area contributed by atoms with Crippen molar-refractivity contribution >= 4 is 7.12 Å². The zero-order valence-electron chi connectivity index (χ0n) is 12.0. The molecule has 2 bridgehead atoms. The van der Waals surface area contributed by atoms with E-state index in [4.69, 9.17) is 9.31 Å². The minimum absolute atomic E-state index is 0.164. The van der Waals surface area contributed by atoms with Gasteiger partial charge in [0.25, 0.3) is 0 Å². The summed E-state index contributed by atoms with van der Waals surface area (Å²) >= 11 is 0. The van der Waals surface area contributed by atoms with Gasteiger partial charge in [-0.15, -0.1) is 0 Å². The van der Waals surface area contributed by atoms with Gasteiger partial charge in [-0.1, -0.05) is 11.5 Å². The molecule has 4 heteroatoms. The molecule has 0 aromatic heterocycles. The predicted octanol–water partition coefficient (Wildman–Crippen LogP) is 2.46. The van der Waals surface area contributed by atoms with Crippen LogP contribution in [0.15, 0.2) is 11.5 Å². The van der Waals surface area contributed by atoms with Crippen LogP contribution >= 0.6 is 0 Å². The van der Waals surface area contributed by atoms with E-state index in [1.807, 2.05) is 0 Å². The summed E-state index contributed by atoms with van der Waals surface area (Å²) in [5.74, 6) is 2.22. The van der Waals surface area contributed by atoms with Crippen molar-refractivity contribution < 1.29 is 9.31 Å². The van der Waals surface area contributed by atoms with Crippen LogP contribution in [0.1, 0.15) is 53.4 Å². The lowest BCUT2D eigenvalue weighted by atomic mass is 9.83. The predicted molar refractivity (Wildman–Crippen MR) is 73.3 cm³/mol. The van der Waals surface area contributed by atoms with Crippen molar-refractivity contribution in [1.82, 2.24) is 5.32 Å². The van der Waals surface area contributed by atoms with E-state index in [1.165, 1.54) is 31.3 Å². The zero-order valence-corrected chi connectivity index (χ0v) is 12.0. The molecule has 1 N–H and O–H groups in total. The lowest BCUT2D eigenvalue weighted by molar-refractivity contribution is 0.00578. The molecule has 2 atom stereocenters. The molecule has 3 nitrogen and oxygen atoms in total. The Balaban J connectivity index is 1.71. The standard InChI is InChI=1S/C14H24BNO2/c1-13(2)14(3,4)18-15(17-13)9-10-7-11-5-6-12(8-10)16-11/h9,11-12,16H,5-8H2,1-4H3. The Hall–Kier alpha value is -0.315. The Bertz CT molecular complexity index is 348. The third kappa shape index (κ3) is 2.15. The van der Waals surface area contributed by atoms with Crippen LogP contribution < -0.4 is 5.32 Å². The monoisotopic (exact) mass is 249 g/mol. The highest BCUT2D eigenvalue weighted by molar-refractivity contribution is 6.51. The second-order valence-electron chi connectivity index (χ2n) is 7.00. The minimum atomic E-state index is -0.222. The van der Waals surface area contributed by atoms with E-state index in [0.717, 1.165) is 0 Å². The van der Waals surface area contributed by atoms with Gasteiger partial charge in [-0.05, 0) is 53.4 Å². The summed E-state index contributed by atoms with van der Waals surface area (Å²) in [5, 5.41) is 3.66. The molecule has 0 radical (unpaired) electrons. The average molecular weight is 249 g/mol. The van der Waals surface area contributed by atoms with Gasteiger partial charge in [0.2, 0.25) is 0 Å². The molecule has 0 spiro atoms. The Morgan fingerprint density at radius 3 is 2.06 bits per heavy atom. The van der Waals surface area contributed by atoms with Gasteiger partial charge in [0.1, 0.15) is 0 Å². The molecule has 0 saturated carbocycles. The molecule has 3 rings (SSSR count). The summed E-state index contributed by atoms with van der Waals surface area (Å²) in [6.45, 7) is 8.44. The maximum Gasteiger partial charge on any atom is 0.487 e. The highest BCUT2D eigenvalue weighted by Crippen LogP contribution is 2.38. The van der Waals surface area contributed by atoms with E-state index < -0.39 is 0 Å². The molecule has 18 heavy (non-hydrogen) atoms. The first-order valence-corrected chi connectivity index (χ1v) is 7.17. The van der Waals surface area contributed by atoms with Crippen molar-refractivity contribution in [3.05, 3.63) is 11.5 Å². The average Bonchev–Trinajstić information content (AvgIpc) is 2.65. The Morgan fingerprint density at radius 2 is 1.56 bits per heavy atom. The normalized spacial score (nSPS) is 37.1. The van der Waals surface area contributed by atoms with Crippen LogP contribution in [0.2, 0.25) is 0 Å². The maximum absolute atomic E-state index is 6.04. The lowest BCUT2D eigenvalue weighted by Gasteiger charge is -2.32. The molecule has 0 aromatic rings. The Kier molecular flexibility index (Phi) is 2.89. The molecule has 3 fully saturated rings. The number of fused-ring (bicyclic) bond motifs is 2. The summed E-state index contributed by atoms with van der Waals surface area (Å²) in [7, 11) is -0.164. The number of piperidine rings is 1. The van der Waals surface area contributed by atoms with Crippen molar-refractivity contribution in [1.29, 1.82) is 0 Å². The van der Waals surface area contributed by atoms with Gasteiger partial charge < -0.3 is 14.6 Å². The SMILES string of the molecule is CC1(C)OB(C=C2CC3CCC(C2)N3)OC1(C)C. The summed E-state index contributed by atoms with van der Waals surface area (Å²) in [4.78, 5) is 0. The van der Waals surface area contributed by atoms with Crippen molar-refractivity contribution in [2.24, 2.45) is 0 Å². The van der Waals surface area contributed by atoms with E-state index in [-0.39, 0.29) is 18.3 Å². The highest BCUT2D eigenvalue weighted by atomic mass is 16.7. The number of hydrogen-bond acceptors (Lipinski definition) is 3. The lowest BCUT2D eigenvalue weighted by Crippen LogP contribution is -2.41. The van der Waals surface area contributed by atoms with Gasteiger partial charge in [-0.2, -0.15) is 0 Å². The topological polar surface area (TPSA) is 30.5 Å². The largest absolute Gasteiger partial charge is 0.487 e. The second-order valence-corrected chi connectivity index (χ2v) is 7.00. The molecule has 0 amide bonds. The fourth-order valence-corrected chi connectivity index (χ4v) is 3.23. The van der Waals surface area contributed by atoms with Crippen LogP contribution in [0.3, 0.4) is 0 Å². The number of hydrogen-bond donors (Lipinski definition) is 1. The van der Waals surface area contributed by atoms with Crippen LogP contribution in [0, 0.1) is 0 Å². The van der Waals surface area contributed by atoms with Crippen LogP contribution in [-0.2, 0) is 9.31 Å². The first kappa shape index (κ1) is 12.7. The molecular weight excluding hydrogens is 225 g/mol. The molecule has 2 unspecified atom stereocenters. The van der Waals surface area contributed by atoms with Gasteiger partial charge >= 0.3 is 7.12 Å². The van der Waals surface area contributed by atoms with Crippen LogP contribution in [-0.4, -0.2) is 30.4 Å². The summed E-state index contributed by atoms with van der Waals surface area (Å²) in [6, 6.07) is 1.38. The van der Waals surface area contributed by atoms with Gasteiger partial charge in [0.15, 0.2) is 0 Å². The van der Waals surface area contributed by atoms with E-state index in [1.54, 1.807) is 0 Å². The molecular formula is C14H24BNO2. The quantitative estimate of drug-likeness (QED) is 0.724. The van der Waals surface area contributed by atoms with Gasteiger partial charge in [0, 0.05) is 12.1 Å². The highest BCUT2D eigenvalue weighted by Gasteiger charge is 2.50. The summed E-state index contributed by atoms with van der Waals surface area (Å²) in [6.07, 6.45) is 4.98. The van der Waals surface area contributed by atoms with Crippen LogP contribution in [0.5, 0.6) is 0 Å². The molecule has 3 aliphatic rings. The van der Waals surface area contributed by atoms with E-state index in [9.17, 15) is 0 Å². The smallest absolute Gasteiger partial charge is 0.400 e. The molecule has 0 aliphatic carbocycles. The molecule has 3 saturated heterocycles.